The summed E-state index contributed by atoms with van der Waals surface area (Å²) in [5.74, 6) is -1.52. The van der Waals surface area contributed by atoms with Crippen LogP contribution in [0.1, 0.15) is 62.5 Å². The predicted octanol–water partition coefficient (Wildman–Crippen LogP) is 5.20. The minimum atomic E-state index is -0.800. The van der Waals surface area contributed by atoms with Crippen LogP contribution in [-0.4, -0.2) is 71.2 Å². The number of methoxy groups -OCH3 is 2. The van der Waals surface area contributed by atoms with Gasteiger partial charge in [0.1, 0.15) is 15.7 Å². The Morgan fingerprint density at radius 2 is 1.62 bits per heavy atom. The molecule has 2 N–H and O–H groups in total. The Balaban J connectivity index is 1.58. The molecule has 0 aliphatic heterocycles. The minimum Gasteiger partial charge on any atom is -0.493 e. The standard InChI is InChI=1S/C32H34FN5O8S2/c1-7-45-30(41)25-17(3)26(31(42)46-8-2)48-29(25)35-27(39)18(4)47-32-37-36-24(38(32)21-12-10-20(33)11-13-21)16-34-28(40)19-9-14-22(43-5)23(15-19)44-6/h9-15,18H,7-8,16H2,1-6H3,(H,34,40)(H,35,39)/t18-/m1/s1. The number of ether oxygens (including phenoxy) is 4. The fourth-order valence-corrected chi connectivity index (χ4v) is 6.42. The molecule has 48 heavy (non-hydrogen) atoms. The van der Waals surface area contributed by atoms with Gasteiger partial charge in [0.15, 0.2) is 22.5 Å². The van der Waals surface area contributed by atoms with Crippen molar-refractivity contribution in [1.29, 1.82) is 0 Å². The van der Waals surface area contributed by atoms with Gasteiger partial charge < -0.3 is 29.6 Å². The number of carbonyl (C=O) groups is 4. The average Bonchev–Trinajstić information content (AvgIpc) is 3.63. The lowest BCUT2D eigenvalue weighted by Crippen LogP contribution is -2.25. The van der Waals surface area contributed by atoms with Crippen LogP contribution >= 0.6 is 23.1 Å². The van der Waals surface area contributed by atoms with E-state index >= 15 is 0 Å². The third-order valence-electron chi connectivity index (χ3n) is 6.81. The summed E-state index contributed by atoms with van der Waals surface area (Å²) in [6.45, 7) is 6.69. The molecule has 0 bridgehead atoms. The highest BCUT2D eigenvalue weighted by Crippen LogP contribution is 2.35. The van der Waals surface area contributed by atoms with Crippen LogP contribution < -0.4 is 20.1 Å². The number of rotatable bonds is 14. The summed E-state index contributed by atoms with van der Waals surface area (Å²) in [5, 5.41) is 13.7. The molecule has 4 rings (SSSR count). The van der Waals surface area contributed by atoms with Crippen molar-refractivity contribution in [3.63, 3.8) is 0 Å². The van der Waals surface area contributed by atoms with Crippen molar-refractivity contribution in [3.05, 3.63) is 75.7 Å². The fourth-order valence-electron chi connectivity index (χ4n) is 4.45. The Labute approximate surface area is 284 Å². The van der Waals surface area contributed by atoms with E-state index < -0.39 is 34.8 Å². The number of thioether (sulfide) groups is 1. The van der Waals surface area contributed by atoms with Gasteiger partial charge in [0, 0.05) is 11.3 Å². The van der Waals surface area contributed by atoms with Gasteiger partial charge in [-0.15, -0.1) is 21.5 Å². The van der Waals surface area contributed by atoms with Crippen molar-refractivity contribution >= 4 is 51.9 Å². The van der Waals surface area contributed by atoms with Gasteiger partial charge in [-0.05, 0) is 75.7 Å². The zero-order valence-corrected chi connectivity index (χ0v) is 28.7. The Bertz CT molecular complexity index is 1810. The highest BCUT2D eigenvalue weighted by Gasteiger charge is 2.29. The molecule has 0 spiro atoms. The lowest BCUT2D eigenvalue weighted by atomic mass is 10.1. The van der Waals surface area contributed by atoms with Crippen LogP contribution in [0.15, 0.2) is 47.6 Å². The maximum absolute atomic E-state index is 13.8. The fraction of sp³-hybridized carbons (Fsp3) is 0.312. The summed E-state index contributed by atoms with van der Waals surface area (Å²) >= 11 is 1.96. The molecule has 4 aromatic rings. The van der Waals surface area contributed by atoms with Crippen molar-refractivity contribution in [2.75, 3.05) is 32.8 Å². The number of anilines is 1. The van der Waals surface area contributed by atoms with Crippen LogP contribution in [0.3, 0.4) is 0 Å². The molecule has 2 aromatic carbocycles. The minimum absolute atomic E-state index is 0.0628. The predicted molar refractivity (Wildman–Crippen MR) is 177 cm³/mol. The first-order valence-electron chi connectivity index (χ1n) is 14.7. The van der Waals surface area contributed by atoms with E-state index in [1.807, 2.05) is 0 Å². The number of hydrogen-bond acceptors (Lipinski definition) is 12. The van der Waals surface area contributed by atoms with E-state index in [-0.39, 0.29) is 40.4 Å². The molecule has 2 amide bonds. The van der Waals surface area contributed by atoms with E-state index in [0.717, 1.165) is 23.1 Å². The van der Waals surface area contributed by atoms with Gasteiger partial charge in [0.05, 0.1) is 44.8 Å². The zero-order chi connectivity index (χ0) is 35.0. The molecular weight excluding hydrogens is 666 g/mol. The number of benzene rings is 2. The smallest absolute Gasteiger partial charge is 0.348 e. The number of halogens is 1. The molecular formula is C32H34FN5O8S2. The monoisotopic (exact) mass is 699 g/mol. The van der Waals surface area contributed by atoms with Crippen LogP contribution in [0.5, 0.6) is 11.5 Å². The first kappa shape index (κ1) is 35.9. The molecule has 0 saturated carbocycles. The molecule has 2 heterocycles. The normalized spacial score (nSPS) is 11.4. The van der Waals surface area contributed by atoms with Gasteiger partial charge in [-0.3, -0.25) is 14.2 Å². The number of amides is 2. The highest BCUT2D eigenvalue weighted by atomic mass is 32.2. The average molecular weight is 700 g/mol. The van der Waals surface area contributed by atoms with Gasteiger partial charge >= 0.3 is 11.9 Å². The van der Waals surface area contributed by atoms with Crippen molar-refractivity contribution in [2.24, 2.45) is 0 Å². The molecule has 16 heteroatoms. The third-order valence-corrected chi connectivity index (χ3v) is 9.04. The van der Waals surface area contributed by atoms with Crippen molar-refractivity contribution in [3.8, 4) is 17.2 Å². The van der Waals surface area contributed by atoms with E-state index in [0.29, 0.717) is 34.1 Å². The number of aromatic nitrogens is 3. The molecule has 0 fully saturated rings. The quantitative estimate of drug-likeness (QED) is 0.132. The third kappa shape index (κ3) is 8.12. The summed E-state index contributed by atoms with van der Waals surface area (Å²) in [6.07, 6.45) is 0. The second-order valence-electron chi connectivity index (χ2n) is 9.91. The van der Waals surface area contributed by atoms with Crippen molar-refractivity contribution < 1.29 is 42.5 Å². The molecule has 0 unspecified atom stereocenters. The summed E-state index contributed by atoms with van der Waals surface area (Å²) in [4.78, 5) is 52.0. The van der Waals surface area contributed by atoms with Crippen LogP contribution in [0.25, 0.3) is 5.69 Å². The molecule has 13 nitrogen and oxygen atoms in total. The molecule has 1 atom stereocenters. The SMILES string of the molecule is CCOC(=O)c1sc(NC(=O)[C@@H](C)Sc2nnc(CNC(=O)c3ccc(OC)c(OC)c3)n2-c2ccc(F)cc2)c(C(=O)OCC)c1C. The first-order valence-corrected chi connectivity index (χ1v) is 16.4. The molecule has 0 radical (unpaired) electrons. The Kier molecular flexibility index (Phi) is 12.1. The number of nitrogens with zero attached hydrogens (tertiary/aromatic N) is 3. The van der Waals surface area contributed by atoms with Crippen LogP contribution in [0, 0.1) is 12.7 Å². The molecule has 0 aliphatic rings. The van der Waals surface area contributed by atoms with E-state index in [2.05, 4.69) is 20.8 Å². The molecule has 254 valence electrons. The van der Waals surface area contributed by atoms with Gasteiger partial charge in [0.25, 0.3) is 5.91 Å². The summed E-state index contributed by atoms with van der Waals surface area (Å²) < 4.78 is 36.2. The molecule has 2 aromatic heterocycles. The summed E-state index contributed by atoms with van der Waals surface area (Å²) in [5.41, 5.74) is 1.21. The second-order valence-corrected chi connectivity index (χ2v) is 12.2. The van der Waals surface area contributed by atoms with Gasteiger partial charge in [-0.2, -0.15) is 0 Å². The van der Waals surface area contributed by atoms with Crippen LogP contribution in [0.2, 0.25) is 0 Å². The lowest BCUT2D eigenvalue weighted by Gasteiger charge is -2.14. The van der Waals surface area contributed by atoms with E-state index in [1.165, 1.54) is 38.5 Å². The highest BCUT2D eigenvalue weighted by molar-refractivity contribution is 8.00. The number of nitrogens with one attached hydrogen (secondary N) is 2. The summed E-state index contributed by atoms with van der Waals surface area (Å²) in [6, 6.07) is 10.3. The van der Waals surface area contributed by atoms with E-state index in [9.17, 15) is 23.6 Å². The van der Waals surface area contributed by atoms with Crippen molar-refractivity contribution in [1.82, 2.24) is 20.1 Å². The van der Waals surface area contributed by atoms with Crippen molar-refractivity contribution in [2.45, 2.75) is 44.6 Å². The summed E-state index contributed by atoms with van der Waals surface area (Å²) in [7, 11) is 2.96. The maximum atomic E-state index is 13.8. The first-order chi connectivity index (χ1) is 23.0. The number of thiophene rings is 1. The van der Waals surface area contributed by atoms with E-state index in [4.69, 9.17) is 18.9 Å². The van der Waals surface area contributed by atoms with Gasteiger partial charge in [0.2, 0.25) is 5.91 Å². The Hall–Kier alpha value is -4.96. The number of esters is 2. The maximum Gasteiger partial charge on any atom is 0.348 e. The van der Waals surface area contributed by atoms with Gasteiger partial charge in [-0.1, -0.05) is 11.8 Å². The topological polar surface area (TPSA) is 160 Å². The Morgan fingerprint density at radius 3 is 2.27 bits per heavy atom. The zero-order valence-electron chi connectivity index (χ0n) is 27.0. The van der Waals surface area contributed by atoms with E-state index in [1.54, 1.807) is 50.5 Å². The number of carbonyl (C=O) groups excluding carboxylic acids is 4. The second kappa shape index (κ2) is 16.2. The van der Waals surface area contributed by atoms with Crippen LogP contribution in [0.4, 0.5) is 9.39 Å². The van der Waals surface area contributed by atoms with Gasteiger partial charge in [-0.25, -0.2) is 14.0 Å². The molecule has 0 saturated heterocycles. The number of hydrogen-bond donors (Lipinski definition) is 2. The molecule has 0 aliphatic carbocycles. The van der Waals surface area contributed by atoms with Crippen LogP contribution in [-0.2, 0) is 20.8 Å². The lowest BCUT2D eigenvalue weighted by molar-refractivity contribution is -0.115. The largest absolute Gasteiger partial charge is 0.493 e. The Morgan fingerprint density at radius 1 is 0.958 bits per heavy atom.